The van der Waals surface area contributed by atoms with Crippen molar-refractivity contribution in [1.82, 2.24) is 20.0 Å². The summed E-state index contributed by atoms with van der Waals surface area (Å²) in [6.45, 7) is 11.9. The van der Waals surface area contributed by atoms with Crippen LogP contribution in [0.25, 0.3) is 0 Å². The van der Waals surface area contributed by atoms with Gasteiger partial charge in [0.25, 0.3) is 0 Å². The van der Waals surface area contributed by atoms with Crippen molar-refractivity contribution < 1.29 is 0 Å². The first-order valence-electron chi connectivity index (χ1n) is 8.42. The van der Waals surface area contributed by atoms with Gasteiger partial charge in [0.2, 0.25) is 0 Å². The molecule has 2 heterocycles. The lowest BCUT2D eigenvalue weighted by atomic mass is 10.1. The lowest BCUT2D eigenvalue weighted by molar-refractivity contribution is 0.111. The first-order chi connectivity index (χ1) is 9.56. The Morgan fingerprint density at radius 3 is 2.60 bits per heavy atom. The fraction of sp³-hybridized carbons (Fsp3) is 1.00. The van der Waals surface area contributed by atoms with Crippen molar-refractivity contribution in [2.24, 2.45) is 0 Å². The van der Waals surface area contributed by atoms with Gasteiger partial charge in [0.1, 0.15) is 0 Å². The third-order valence-corrected chi connectivity index (χ3v) is 5.12. The van der Waals surface area contributed by atoms with Gasteiger partial charge in [0.15, 0.2) is 0 Å². The summed E-state index contributed by atoms with van der Waals surface area (Å²) in [6, 6.07) is 2.10. The first kappa shape index (κ1) is 16.2. The molecule has 0 aromatic rings. The number of hydrogen-bond acceptors (Lipinski definition) is 4. The monoisotopic (exact) mass is 282 g/mol. The highest BCUT2D eigenvalue weighted by Gasteiger charge is 2.24. The minimum absolute atomic E-state index is 0.679. The molecule has 0 spiro atoms. The van der Waals surface area contributed by atoms with E-state index in [2.05, 4.69) is 48.0 Å². The highest BCUT2D eigenvalue weighted by Crippen LogP contribution is 2.14. The smallest absolute Gasteiger partial charge is 0.0345 e. The fourth-order valence-electron chi connectivity index (χ4n) is 3.46. The normalized spacial score (nSPS) is 31.6. The zero-order chi connectivity index (χ0) is 14.5. The Hall–Kier alpha value is -0.160. The van der Waals surface area contributed by atoms with Crippen LogP contribution in [0.2, 0.25) is 0 Å². The fourth-order valence-corrected chi connectivity index (χ4v) is 3.46. The Balaban J connectivity index is 1.73. The van der Waals surface area contributed by atoms with E-state index in [9.17, 15) is 0 Å². The zero-order valence-electron chi connectivity index (χ0n) is 13.9. The summed E-state index contributed by atoms with van der Waals surface area (Å²) < 4.78 is 0. The Bertz CT molecular complexity index is 282. The molecule has 2 saturated heterocycles. The van der Waals surface area contributed by atoms with E-state index >= 15 is 0 Å². The van der Waals surface area contributed by atoms with E-state index in [-0.39, 0.29) is 0 Å². The van der Waals surface area contributed by atoms with Crippen molar-refractivity contribution in [2.45, 2.75) is 51.2 Å². The molecule has 0 aliphatic carbocycles. The summed E-state index contributed by atoms with van der Waals surface area (Å²) in [5, 5.41) is 3.85. The molecule has 0 aromatic heterocycles. The molecular weight excluding hydrogens is 248 g/mol. The van der Waals surface area contributed by atoms with Gasteiger partial charge in [-0.25, -0.2) is 0 Å². The van der Waals surface area contributed by atoms with Gasteiger partial charge in [-0.2, -0.15) is 0 Å². The molecule has 2 fully saturated rings. The predicted molar refractivity (Wildman–Crippen MR) is 86.3 cm³/mol. The summed E-state index contributed by atoms with van der Waals surface area (Å²) in [5.74, 6) is 0. The van der Waals surface area contributed by atoms with Gasteiger partial charge in [-0.15, -0.1) is 0 Å². The molecule has 2 rings (SSSR count). The van der Waals surface area contributed by atoms with Crippen molar-refractivity contribution >= 4 is 0 Å². The van der Waals surface area contributed by atoms with E-state index < -0.39 is 0 Å². The van der Waals surface area contributed by atoms with Crippen LogP contribution in [0.1, 0.15) is 33.1 Å². The maximum atomic E-state index is 3.85. The standard InChI is InChI=1S/C16H34N4/c1-14(2)20-8-5-6-15(7-9-20)17-12-16-13-18(3)10-11-19(16)4/h14-17H,5-13H2,1-4H3. The van der Waals surface area contributed by atoms with Crippen molar-refractivity contribution in [2.75, 3.05) is 53.4 Å². The molecule has 2 unspecified atom stereocenters. The number of rotatable bonds is 4. The molecule has 2 aliphatic rings. The van der Waals surface area contributed by atoms with Crippen LogP contribution in [0.3, 0.4) is 0 Å². The summed E-state index contributed by atoms with van der Waals surface area (Å²) in [4.78, 5) is 7.60. The van der Waals surface area contributed by atoms with Crippen molar-refractivity contribution in [3.63, 3.8) is 0 Å². The molecule has 0 bridgehead atoms. The van der Waals surface area contributed by atoms with Crippen LogP contribution in [0.4, 0.5) is 0 Å². The predicted octanol–water partition coefficient (Wildman–Crippen LogP) is 1.08. The molecule has 0 saturated carbocycles. The average Bonchev–Trinajstić information content (AvgIpc) is 2.65. The SMILES string of the molecule is CC(C)N1CCCC(NCC2CN(C)CCN2C)CC1. The maximum Gasteiger partial charge on any atom is 0.0345 e. The Morgan fingerprint density at radius 1 is 1.05 bits per heavy atom. The molecule has 2 aliphatic heterocycles. The van der Waals surface area contributed by atoms with Crippen LogP contribution < -0.4 is 5.32 Å². The molecular formula is C16H34N4. The number of nitrogens with zero attached hydrogens (tertiary/aromatic N) is 3. The van der Waals surface area contributed by atoms with Crippen molar-refractivity contribution in [1.29, 1.82) is 0 Å². The zero-order valence-corrected chi connectivity index (χ0v) is 13.9. The van der Waals surface area contributed by atoms with Crippen LogP contribution in [0.15, 0.2) is 0 Å². The highest BCUT2D eigenvalue weighted by atomic mass is 15.3. The Morgan fingerprint density at radius 2 is 1.85 bits per heavy atom. The van der Waals surface area contributed by atoms with Crippen molar-refractivity contribution in [3.8, 4) is 0 Å². The Kier molecular flexibility index (Phi) is 6.27. The molecule has 2 atom stereocenters. The number of likely N-dealkylation sites (tertiary alicyclic amines) is 1. The van der Waals surface area contributed by atoms with Gasteiger partial charge in [0, 0.05) is 44.3 Å². The summed E-state index contributed by atoms with van der Waals surface area (Å²) in [5.41, 5.74) is 0. The second-order valence-electron chi connectivity index (χ2n) is 7.06. The van der Waals surface area contributed by atoms with E-state index in [1.807, 2.05) is 0 Å². The third kappa shape index (κ3) is 4.69. The van der Waals surface area contributed by atoms with Crippen molar-refractivity contribution in [3.05, 3.63) is 0 Å². The molecule has 4 heteroatoms. The first-order valence-corrected chi connectivity index (χ1v) is 8.42. The minimum atomic E-state index is 0.679. The molecule has 0 amide bonds. The molecule has 118 valence electrons. The number of likely N-dealkylation sites (N-methyl/N-ethyl adjacent to an activating group) is 2. The van der Waals surface area contributed by atoms with Crippen LogP contribution >= 0.6 is 0 Å². The van der Waals surface area contributed by atoms with Gasteiger partial charge in [-0.3, -0.25) is 4.90 Å². The summed E-state index contributed by atoms with van der Waals surface area (Å²) >= 11 is 0. The Labute approximate surface area is 125 Å². The van der Waals surface area contributed by atoms with Gasteiger partial charge in [0.05, 0.1) is 0 Å². The summed E-state index contributed by atoms with van der Waals surface area (Å²) in [7, 11) is 4.51. The molecule has 20 heavy (non-hydrogen) atoms. The van der Waals surface area contributed by atoms with Gasteiger partial charge >= 0.3 is 0 Å². The number of hydrogen-bond donors (Lipinski definition) is 1. The summed E-state index contributed by atoms with van der Waals surface area (Å²) in [6.07, 6.45) is 4.00. The second-order valence-corrected chi connectivity index (χ2v) is 7.06. The van der Waals surface area contributed by atoms with Gasteiger partial charge in [-0.05, 0) is 60.3 Å². The maximum absolute atomic E-state index is 3.85. The van der Waals surface area contributed by atoms with E-state index in [0.717, 1.165) is 12.6 Å². The van der Waals surface area contributed by atoms with Crippen LogP contribution in [-0.4, -0.2) is 86.2 Å². The third-order valence-electron chi connectivity index (χ3n) is 5.12. The quantitative estimate of drug-likeness (QED) is 0.833. The van der Waals surface area contributed by atoms with E-state index in [4.69, 9.17) is 0 Å². The number of nitrogens with one attached hydrogen (secondary N) is 1. The highest BCUT2D eigenvalue weighted by molar-refractivity contribution is 4.83. The lowest BCUT2D eigenvalue weighted by Crippen LogP contribution is -2.54. The van der Waals surface area contributed by atoms with Crippen LogP contribution in [0.5, 0.6) is 0 Å². The average molecular weight is 282 g/mol. The molecule has 0 radical (unpaired) electrons. The minimum Gasteiger partial charge on any atom is -0.312 e. The van der Waals surface area contributed by atoms with E-state index in [0.29, 0.717) is 12.1 Å². The molecule has 1 N–H and O–H groups in total. The van der Waals surface area contributed by atoms with E-state index in [1.165, 1.54) is 52.0 Å². The van der Waals surface area contributed by atoms with E-state index in [1.54, 1.807) is 0 Å². The molecule has 0 aromatic carbocycles. The number of piperazine rings is 1. The van der Waals surface area contributed by atoms with Gasteiger partial charge in [-0.1, -0.05) is 0 Å². The lowest BCUT2D eigenvalue weighted by Gasteiger charge is -2.38. The van der Waals surface area contributed by atoms with Gasteiger partial charge < -0.3 is 15.1 Å². The van der Waals surface area contributed by atoms with Crippen LogP contribution in [-0.2, 0) is 0 Å². The molecule has 4 nitrogen and oxygen atoms in total. The second kappa shape index (κ2) is 7.74. The topological polar surface area (TPSA) is 21.8 Å². The largest absolute Gasteiger partial charge is 0.312 e. The van der Waals surface area contributed by atoms with Crippen LogP contribution in [0, 0.1) is 0 Å².